The molecular weight excluding hydrogens is 388 g/mol. The first-order valence-electron chi connectivity index (χ1n) is 9.58. The highest BCUT2D eigenvalue weighted by Gasteiger charge is 2.54. The van der Waals surface area contributed by atoms with Gasteiger partial charge in [0.15, 0.2) is 5.60 Å². The van der Waals surface area contributed by atoms with E-state index in [1.807, 2.05) is 67.6 Å². The number of rotatable bonds is 8. The van der Waals surface area contributed by atoms with Gasteiger partial charge in [-0.1, -0.05) is 48.0 Å². The van der Waals surface area contributed by atoms with Crippen LogP contribution in [0.5, 0.6) is 11.5 Å². The summed E-state index contributed by atoms with van der Waals surface area (Å²) in [5, 5.41) is 10.1. The summed E-state index contributed by atoms with van der Waals surface area (Å²) < 4.78 is 17.1. The van der Waals surface area contributed by atoms with Crippen molar-refractivity contribution < 1.29 is 19.3 Å². The van der Waals surface area contributed by atoms with Gasteiger partial charge in [0, 0.05) is 5.56 Å². The Balaban J connectivity index is 1.44. The van der Waals surface area contributed by atoms with E-state index >= 15 is 0 Å². The summed E-state index contributed by atoms with van der Waals surface area (Å²) in [6, 6.07) is 23.5. The van der Waals surface area contributed by atoms with Crippen molar-refractivity contribution >= 4 is 11.6 Å². The number of aliphatic hydroxyl groups excluding tert-OH is 1. The van der Waals surface area contributed by atoms with Crippen LogP contribution in [0, 0.1) is 0 Å². The van der Waals surface area contributed by atoms with E-state index in [0.717, 1.165) is 22.4 Å². The van der Waals surface area contributed by atoms with Crippen molar-refractivity contribution in [3.63, 3.8) is 0 Å². The molecule has 0 radical (unpaired) electrons. The number of ether oxygens (including phenoxy) is 3. The third kappa shape index (κ3) is 4.56. The Labute approximate surface area is 175 Å². The molecule has 0 aromatic heterocycles. The lowest BCUT2D eigenvalue weighted by atomic mass is 10.0. The van der Waals surface area contributed by atoms with Gasteiger partial charge in [-0.05, 0) is 54.4 Å². The molecule has 0 spiro atoms. The lowest BCUT2D eigenvalue weighted by molar-refractivity contribution is 0.118. The summed E-state index contributed by atoms with van der Waals surface area (Å²) in [5.74, 6) is 1.49. The number of epoxide rings is 1. The van der Waals surface area contributed by atoms with Crippen LogP contribution in [0.1, 0.15) is 12.5 Å². The molecule has 150 valence electrons. The highest BCUT2D eigenvalue weighted by atomic mass is 35.5. The monoisotopic (exact) mass is 410 g/mol. The average Bonchev–Trinajstić information content (AvgIpc) is 3.42. The number of hydrogen-bond acceptors (Lipinski definition) is 4. The topological polar surface area (TPSA) is 51.2 Å². The predicted octanol–water partition coefficient (Wildman–Crippen LogP) is 5.11. The Bertz CT molecular complexity index is 972. The molecular formula is C24H23ClO4. The molecule has 4 rings (SSSR count). The first-order valence-corrected chi connectivity index (χ1v) is 9.96. The van der Waals surface area contributed by atoms with Gasteiger partial charge < -0.3 is 19.3 Å². The summed E-state index contributed by atoms with van der Waals surface area (Å²) in [6.07, 6.45) is 0.00286. The van der Waals surface area contributed by atoms with Crippen molar-refractivity contribution in [2.45, 2.75) is 25.2 Å². The van der Waals surface area contributed by atoms with Crippen molar-refractivity contribution in [1.29, 1.82) is 0 Å². The van der Waals surface area contributed by atoms with E-state index in [1.165, 1.54) is 0 Å². The average molecular weight is 411 g/mol. The van der Waals surface area contributed by atoms with Crippen LogP contribution < -0.4 is 9.47 Å². The number of para-hydroxylation sites is 1. The Kier molecular flexibility index (Phi) is 5.76. The van der Waals surface area contributed by atoms with E-state index < -0.39 is 5.60 Å². The molecule has 5 heteroatoms. The van der Waals surface area contributed by atoms with Gasteiger partial charge in [-0.3, -0.25) is 0 Å². The van der Waals surface area contributed by atoms with E-state index in [9.17, 15) is 5.11 Å². The van der Waals surface area contributed by atoms with Crippen LogP contribution in [0.25, 0.3) is 11.1 Å². The van der Waals surface area contributed by atoms with Crippen LogP contribution in [0.15, 0.2) is 72.8 Å². The summed E-state index contributed by atoms with van der Waals surface area (Å²) in [7, 11) is 0. The van der Waals surface area contributed by atoms with Gasteiger partial charge in [0.25, 0.3) is 0 Å². The lowest BCUT2D eigenvalue weighted by Crippen LogP contribution is -2.28. The number of benzene rings is 3. The lowest BCUT2D eigenvalue weighted by Gasteiger charge is -2.13. The minimum Gasteiger partial charge on any atom is -0.490 e. The Hall–Kier alpha value is -2.53. The molecule has 29 heavy (non-hydrogen) atoms. The van der Waals surface area contributed by atoms with Crippen LogP contribution in [-0.2, 0) is 11.3 Å². The van der Waals surface area contributed by atoms with E-state index in [1.54, 1.807) is 6.07 Å². The second kappa shape index (κ2) is 8.46. The molecule has 1 aliphatic heterocycles. The molecule has 1 saturated heterocycles. The Morgan fingerprint density at radius 1 is 0.966 bits per heavy atom. The highest BCUT2D eigenvalue weighted by molar-refractivity contribution is 6.33. The van der Waals surface area contributed by atoms with Gasteiger partial charge in [-0.25, -0.2) is 0 Å². The first kappa shape index (κ1) is 19.8. The fourth-order valence-electron chi connectivity index (χ4n) is 3.22. The van der Waals surface area contributed by atoms with Gasteiger partial charge in [0.05, 0.1) is 17.7 Å². The van der Waals surface area contributed by atoms with Crippen molar-refractivity contribution in [1.82, 2.24) is 0 Å². The number of halogens is 1. The third-order valence-corrected chi connectivity index (χ3v) is 5.49. The van der Waals surface area contributed by atoms with Crippen LogP contribution >= 0.6 is 11.6 Å². The molecule has 0 saturated carbocycles. The zero-order valence-electron chi connectivity index (χ0n) is 16.2. The van der Waals surface area contributed by atoms with Gasteiger partial charge in [-0.15, -0.1) is 0 Å². The van der Waals surface area contributed by atoms with Crippen LogP contribution in [0.4, 0.5) is 0 Å². The molecule has 2 atom stereocenters. The predicted molar refractivity (Wildman–Crippen MR) is 114 cm³/mol. The molecule has 4 nitrogen and oxygen atoms in total. The number of aliphatic hydroxyl groups is 1. The van der Waals surface area contributed by atoms with Crippen LogP contribution in [-0.4, -0.2) is 30.0 Å². The van der Waals surface area contributed by atoms with Gasteiger partial charge in [0.1, 0.15) is 24.7 Å². The molecule has 0 amide bonds. The highest BCUT2D eigenvalue weighted by Crippen LogP contribution is 2.37. The molecule has 1 N–H and O–H groups in total. The first-order chi connectivity index (χ1) is 14.1. The van der Waals surface area contributed by atoms with Crippen LogP contribution in [0.2, 0.25) is 5.02 Å². The standard InChI is InChI=1S/C24H23ClO4/c1-17-24(15-26,29-17)16-28-21-10-11-22(23(25)13-21)19-7-5-6-18(12-19)14-27-20-8-3-2-4-9-20/h2-13,17,26H,14-16H2,1H3. The normalized spacial score (nSPS) is 20.3. The second-order valence-corrected chi connectivity index (χ2v) is 7.62. The fourth-order valence-corrected chi connectivity index (χ4v) is 3.50. The molecule has 2 unspecified atom stereocenters. The minimum atomic E-state index is -0.585. The smallest absolute Gasteiger partial charge is 0.151 e. The molecule has 1 aliphatic rings. The summed E-state index contributed by atoms with van der Waals surface area (Å²) in [4.78, 5) is 0. The van der Waals surface area contributed by atoms with E-state index in [2.05, 4.69) is 6.07 Å². The Morgan fingerprint density at radius 2 is 1.76 bits per heavy atom. The largest absolute Gasteiger partial charge is 0.490 e. The summed E-state index contributed by atoms with van der Waals surface area (Å²) in [5.41, 5.74) is 2.42. The second-order valence-electron chi connectivity index (χ2n) is 7.22. The zero-order chi connectivity index (χ0) is 20.3. The molecule has 3 aromatic carbocycles. The third-order valence-electron chi connectivity index (χ3n) is 5.17. The van der Waals surface area contributed by atoms with E-state index in [-0.39, 0.29) is 12.7 Å². The number of hydrogen-bond donors (Lipinski definition) is 1. The maximum Gasteiger partial charge on any atom is 0.151 e. The van der Waals surface area contributed by atoms with Crippen LogP contribution in [0.3, 0.4) is 0 Å². The van der Waals surface area contributed by atoms with Crippen molar-refractivity contribution in [3.8, 4) is 22.6 Å². The SMILES string of the molecule is CC1OC1(CO)COc1ccc(-c2cccc(COc3ccccc3)c2)c(Cl)c1. The van der Waals surface area contributed by atoms with Gasteiger partial charge in [-0.2, -0.15) is 0 Å². The quantitative estimate of drug-likeness (QED) is 0.524. The van der Waals surface area contributed by atoms with Gasteiger partial charge in [0.2, 0.25) is 0 Å². The molecule has 3 aromatic rings. The molecule has 0 aliphatic carbocycles. The summed E-state index contributed by atoms with van der Waals surface area (Å²) in [6.45, 7) is 2.65. The molecule has 1 heterocycles. The Morgan fingerprint density at radius 3 is 2.45 bits per heavy atom. The van der Waals surface area contributed by atoms with E-state index in [4.69, 9.17) is 25.8 Å². The van der Waals surface area contributed by atoms with Crippen molar-refractivity contribution in [2.24, 2.45) is 0 Å². The van der Waals surface area contributed by atoms with Crippen molar-refractivity contribution in [3.05, 3.63) is 83.4 Å². The van der Waals surface area contributed by atoms with Crippen molar-refractivity contribution in [2.75, 3.05) is 13.2 Å². The maximum atomic E-state index is 9.45. The van der Waals surface area contributed by atoms with E-state index in [0.29, 0.717) is 24.0 Å². The molecule has 1 fully saturated rings. The summed E-state index contributed by atoms with van der Waals surface area (Å²) >= 11 is 6.53. The maximum absolute atomic E-state index is 9.45. The minimum absolute atomic E-state index is 0.00286. The van der Waals surface area contributed by atoms with Gasteiger partial charge >= 0.3 is 0 Å². The fraction of sp³-hybridized carbons (Fsp3) is 0.250. The zero-order valence-corrected chi connectivity index (χ0v) is 16.9. The molecule has 0 bridgehead atoms.